The molecule has 3 heterocycles. The van der Waals surface area contributed by atoms with Crippen molar-refractivity contribution < 1.29 is 18.7 Å². The van der Waals surface area contributed by atoms with Crippen LogP contribution >= 0.6 is 35.3 Å². The number of hydrogen-bond donors (Lipinski definition) is 0. The van der Waals surface area contributed by atoms with Crippen LogP contribution in [0.3, 0.4) is 0 Å². The Kier molecular flexibility index (Phi) is 5.43. The minimum absolute atomic E-state index is 0.153. The predicted octanol–water partition coefficient (Wildman–Crippen LogP) is 4.96. The molecule has 1 aliphatic heterocycles. The van der Waals surface area contributed by atoms with E-state index in [1.165, 1.54) is 28.0 Å². The Morgan fingerprint density at radius 1 is 1.18 bits per heavy atom. The van der Waals surface area contributed by atoms with Gasteiger partial charge in [-0.3, -0.25) is 9.69 Å². The van der Waals surface area contributed by atoms with Crippen LogP contribution < -0.4 is 4.74 Å². The van der Waals surface area contributed by atoms with Gasteiger partial charge >= 0.3 is 5.97 Å². The molecule has 28 heavy (non-hydrogen) atoms. The number of ether oxygens (including phenoxy) is 1. The molecule has 0 saturated carbocycles. The molecule has 1 aliphatic rings. The van der Waals surface area contributed by atoms with Gasteiger partial charge in [0.25, 0.3) is 5.91 Å². The third kappa shape index (κ3) is 4.09. The van der Waals surface area contributed by atoms with Crippen LogP contribution in [0.15, 0.2) is 69.5 Å². The van der Waals surface area contributed by atoms with E-state index in [2.05, 4.69) is 0 Å². The first-order chi connectivity index (χ1) is 13.6. The number of nitrogens with zero attached hydrogens (tertiary/aromatic N) is 1. The Bertz CT molecular complexity index is 1040. The monoisotopic (exact) mass is 427 g/mol. The van der Waals surface area contributed by atoms with Crippen molar-refractivity contribution in [1.29, 1.82) is 0 Å². The summed E-state index contributed by atoms with van der Waals surface area (Å²) in [6, 6.07) is 14.1. The zero-order chi connectivity index (χ0) is 19.5. The Labute approximate surface area is 174 Å². The second-order valence-corrected chi connectivity index (χ2v) is 8.41. The number of benzene rings is 1. The molecule has 0 aliphatic carbocycles. The van der Waals surface area contributed by atoms with Gasteiger partial charge in [-0.05, 0) is 47.4 Å². The smallest absolute Gasteiger partial charge is 0.353 e. The fourth-order valence-electron chi connectivity index (χ4n) is 2.53. The molecule has 0 spiro atoms. The number of thioether (sulfide) groups is 1. The summed E-state index contributed by atoms with van der Waals surface area (Å²) in [5.74, 6) is 0.580. The van der Waals surface area contributed by atoms with Crippen molar-refractivity contribution in [2.24, 2.45) is 0 Å². The second-order valence-electron chi connectivity index (χ2n) is 5.78. The molecule has 1 saturated heterocycles. The first kappa shape index (κ1) is 18.7. The lowest BCUT2D eigenvalue weighted by molar-refractivity contribution is -0.122. The third-order valence-corrected chi connectivity index (χ3v) is 6.11. The third-order valence-electron chi connectivity index (χ3n) is 3.88. The van der Waals surface area contributed by atoms with Crippen molar-refractivity contribution in [3.05, 3.63) is 81.3 Å². The van der Waals surface area contributed by atoms with Gasteiger partial charge in [-0.25, -0.2) is 4.79 Å². The summed E-state index contributed by atoms with van der Waals surface area (Å²) in [6.45, 7) is 0.312. The van der Waals surface area contributed by atoms with Crippen LogP contribution in [0.5, 0.6) is 5.75 Å². The number of furan rings is 1. The molecule has 0 radical (unpaired) electrons. The highest BCUT2D eigenvalue weighted by Crippen LogP contribution is 2.33. The van der Waals surface area contributed by atoms with Crippen LogP contribution in [0.25, 0.3) is 6.08 Å². The van der Waals surface area contributed by atoms with E-state index in [0.29, 0.717) is 32.2 Å². The molecule has 0 N–H and O–H groups in total. The number of esters is 1. The zero-order valence-corrected chi connectivity index (χ0v) is 16.8. The Morgan fingerprint density at radius 3 is 2.68 bits per heavy atom. The van der Waals surface area contributed by atoms with E-state index >= 15 is 0 Å². The van der Waals surface area contributed by atoms with Gasteiger partial charge in [-0.2, -0.15) is 0 Å². The molecule has 1 amide bonds. The lowest BCUT2D eigenvalue weighted by Gasteiger charge is -2.11. The summed E-state index contributed by atoms with van der Waals surface area (Å²) in [6.07, 6.45) is 3.34. The zero-order valence-electron chi connectivity index (χ0n) is 14.4. The van der Waals surface area contributed by atoms with E-state index < -0.39 is 0 Å². The molecule has 0 unspecified atom stereocenters. The number of carbonyl (C=O) groups is 2. The van der Waals surface area contributed by atoms with Crippen molar-refractivity contribution in [1.82, 2.24) is 4.90 Å². The van der Waals surface area contributed by atoms with E-state index in [-0.39, 0.29) is 11.9 Å². The highest BCUT2D eigenvalue weighted by Gasteiger charge is 2.32. The summed E-state index contributed by atoms with van der Waals surface area (Å²) >= 11 is 7.90. The Morgan fingerprint density at radius 2 is 2.00 bits per heavy atom. The standard InChI is InChI=1S/C20H13NO4S3/c22-18-17(28-20(26)21(18)12-15-3-1-9-24-15)11-13-5-7-14(8-6-13)25-19(23)16-4-2-10-27-16/h1-11H,12H2/b17-11-. The number of carbonyl (C=O) groups excluding carboxylic acids is 2. The van der Waals surface area contributed by atoms with E-state index in [0.717, 1.165) is 5.56 Å². The highest BCUT2D eigenvalue weighted by molar-refractivity contribution is 8.26. The normalized spacial score (nSPS) is 15.4. The van der Waals surface area contributed by atoms with Gasteiger partial charge in [-0.15, -0.1) is 11.3 Å². The second kappa shape index (κ2) is 8.14. The SMILES string of the molecule is O=C(Oc1ccc(/C=C2\SC(=S)N(Cc3ccco3)C2=O)cc1)c1cccs1. The topological polar surface area (TPSA) is 59.8 Å². The number of hydrogen-bond acceptors (Lipinski definition) is 7. The lowest BCUT2D eigenvalue weighted by Crippen LogP contribution is -2.27. The maximum Gasteiger partial charge on any atom is 0.353 e. The van der Waals surface area contributed by atoms with Gasteiger partial charge in [0, 0.05) is 0 Å². The molecule has 0 bridgehead atoms. The van der Waals surface area contributed by atoms with Crippen molar-refractivity contribution in [3.63, 3.8) is 0 Å². The van der Waals surface area contributed by atoms with Crippen molar-refractivity contribution >= 4 is 57.6 Å². The van der Waals surface area contributed by atoms with E-state index in [4.69, 9.17) is 21.4 Å². The summed E-state index contributed by atoms with van der Waals surface area (Å²) in [4.78, 5) is 27.2. The van der Waals surface area contributed by atoms with Crippen molar-refractivity contribution in [2.45, 2.75) is 6.54 Å². The van der Waals surface area contributed by atoms with Gasteiger partial charge < -0.3 is 9.15 Å². The van der Waals surface area contributed by atoms with Crippen LogP contribution in [0, 0.1) is 0 Å². The van der Waals surface area contributed by atoms with Gasteiger partial charge in [0.1, 0.15) is 20.7 Å². The number of thiophene rings is 1. The molecular weight excluding hydrogens is 414 g/mol. The summed E-state index contributed by atoms with van der Waals surface area (Å²) in [5.41, 5.74) is 0.814. The van der Waals surface area contributed by atoms with Crippen LogP contribution in [0.1, 0.15) is 21.0 Å². The van der Waals surface area contributed by atoms with Crippen LogP contribution in [0.4, 0.5) is 0 Å². The molecule has 2 aromatic heterocycles. The van der Waals surface area contributed by atoms with Crippen LogP contribution in [0.2, 0.25) is 0 Å². The minimum atomic E-state index is -0.387. The molecule has 1 aromatic carbocycles. The van der Waals surface area contributed by atoms with E-state index in [9.17, 15) is 9.59 Å². The quantitative estimate of drug-likeness (QED) is 0.248. The maximum absolute atomic E-state index is 12.6. The summed E-state index contributed by atoms with van der Waals surface area (Å²) in [7, 11) is 0. The fraction of sp³-hybridized carbons (Fsp3) is 0.0500. The first-order valence-electron chi connectivity index (χ1n) is 8.23. The molecule has 3 aromatic rings. The number of thiocarbonyl (C=S) groups is 1. The van der Waals surface area contributed by atoms with Crippen molar-refractivity contribution in [2.75, 3.05) is 0 Å². The molecule has 140 valence electrons. The first-order valence-corrected chi connectivity index (χ1v) is 10.3. The average molecular weight is 428 g/mol. The summed E-state index contributed by atoms with van der Waals surface area (Å²) in [5, 5.41) is 1.82. The Hall–Kier alpha value is -2.68. The van der Waals surface area contributed by atoms with Gasteiger partial charge in [0.15, 0.2) is 0 Å². The molecule has 5 nitrogen and oxygen atoms in total. The average Bonchev–Trinajstić information content (AvgIpc) is 3.44. The van der Waals surface area contributed by atoms with E-state index in [1.54, 1.807) is 60.9 Å². The molecule has 4 rings (SSSR count). The predicted molar refractivity (Wildman–Crippen MR) is 113 cm³/mol. The van der Waals surface area contributed by atoms with Crippen molar-refractivity contribution in [3.8, 4) is 5.75 Å². The molecule has 0 atom stereocenters. The Balaban J connectivity index is 1.44. The van der Waals surface area contributed by atoms with E-state index in [1.807, 2.05) is 5.38 Å². The van der Waals surface area contributed by atoms with Gasteiger partial charge in [0.2, 0.25) is 0 Å². The lowest BCUT2D eigenvalue weighted by atomic mass is 10.2. The van der Waals surface area contributed by atoms with Crippen LogP contribution in [-0.4, -0.2) is 21.1 Å². The molecule has 8 heteroatoms. The summed E-state index contributed by atoms with van der Waals surface area (Å²) < 4.78 is 11.1. The van der Waals surface area contributed by atoms with Gasteiger partial charge in [-0.1, -0.05) is 42.2 Å². The highest BCUT2D eigenvalue weighted by atomic mass is 32.2. The molecular formula is C20H13NO4S3. The fourth-order valence-corrected chi connectivity index (χ4v) is 4.38. The molecule has 1 fully saturated rings. The number of rotatable bonds is 5. The maximum atomic E-state index is 12.6. The minimum Gasteiger partial charge on any atom is -0.467 e. The number of amides is 1. The van der Waals surface area contributed by atoms with Gasteiger partial charge in [0.05, 0.1) is 17.7 Å². The largest absolute Gasteiger partial charge is 0.467 e. The van der Waals surface area contributed by atoms with Crippen LogP contribution in [-0.2, 0) is 11.3 Å².